The summed E-state index contributed by atoms with van der Waals surface area (Å²) in [7, 11) is 0. The van der Waals surface area contributed by atoms with Gasteiger partial charge in [-0.25, -0.2) is 4.98 Å². The second kappa shape index (κ2) is 8.27. The Morgan fingerprint density at radius 2 is 2.26 bits per heavy atom. The van der Waals surface area contributed by atoms with Crippen LogP contribution in [0.2, 0.25) is 5.02 Å². The van der Waals surface area contributed by atoms with E-state index in [0.717, 1.165) is 18.7 Å². The first-order valence-corrected chi connectivity index (χ1v) is 8.08. The maximum absolute atomic E-state index is 12.2. The van der Waals surface area contributed by atoms with Gasteiger partial charge in [-0.05, 0) is 25.7 Å². The normalized spacial score (nSPS) is 12.0. The molecule has 1 atom stereocenters. The summed E-state index contributed by atoms with van der Waals surface area (Å²) in [5.41, 5.74) is 0.465. The summed E-state index contributed by atoms with van der Waals surface area (Å²) >= 11 is 7.75. The molecule has 0 saturated heterocycles. The van der Waals surface area contributed by atoms with Crippen LogP contribution in [0.5, 0.6) is 0 Å². The van der Waals surface area contributed by atoms with Gasteiger partial charge in [-0.3, -0.25) is 4.79 Å². The van der Waals surface area contributed by atoms with Gasteiger partial charge in [0.25, 0.3) is 5.91 Å². The van der Waals surface area contributed by atoms with Crippen LogP contribution in [0.15, 0.2) is 12.3 Å². The van der Waals surface area contributed by atoms with Gasteiger partial charge in [-0.1, -0.05) is 18.5 Å². The predicted octanol–water partition coefficient (Wildman–Crippen LogP) is 3.04. The van der Waals surface area contributed by atoms with Crippen LogP contribution in [0.3, 0.4) is 0 Å². The highest BCUT2D eigenvalue weighted by Crippen LogP contribution is 2.18. The van der Waals surface area contributed by atoms with E-state index >= 15 is 0 Å². The van der Waals surface area contributed by atoms with Crippen LogP contribution in [0.4, 0.5) is 5.82 Å². The minimum absolute atomic E-state index is 0.146. The molecule has 0 aliphatic heterocycles. The van der Waals surface area contributed by atoms with Crippen molar-refractivity contribution in [1.29, 1.82) is 0 Å². The molecule has 1 heterocycles. The Hall–Kier alpha value is -0.940. The molecule has 1 amide bonds. The summed E-state index contributed by atoms with van der Waals surface area (Å²) in [4.78, 5) is 16.3. The van der Waals surface area contributed by atoms with E-state index in [1.54, 1.807) is 17.8 Å². The number of carbonyl (C=O) groups excluding carboxylic acids is 1. The highest BCUT2D eigenvalue weighted by atomic mass is 35.5. The van der Waals surface area contributed by atoms with Crippen molar-refractivity contribution in [1.82, 2.24) is 10.3 Å². The second-order valence-corrected chi connectivity index (χ2v) is 5.43. The van der Waals surface area contributed by atoms with Gasteiger partial charge in [0, 0.05) is 24.5 Å². The third-order valence-corrected chi connectivity index (χ3v) is 3.69. The third kappa shape index (κ3) is 4.91. The molecule has 106 valence electrons. The van der Waals surface area contributed by atoms with Crippen LogP contribution in [0.25, 0.3) is 0 Å². The monoisotopic (exact) mass is 301 g/mol. The zero-order valence-electron chi connectivity index (χ0n) is 11.5. The molecule has 0 aliphatic carbocycles. The maximum atomic E-state index is 12.2. The fourth-order valence-electron chi connectivity index (χ4n) is 1.62. The van der Waals surface area contributed by atoms with Crippen molar-refractivity contribution in [2.45, 2.75) is 26.3 Å². The van der Waals surface area contributed by atoms with Crippen molar-refractivity contribution in [2.24, 2.45) is 0 Å². The Labute approximate surface area is 123 Å². The van der Waals surface area contributed by atoms with Gasteiger partial charge in [-0.15, -0.1) is 0 Å². The average molecular weight is 302 g/mol. The van der Waals surface area contributed by atoms with E-state index in [2.05, 4.69) is 22.5 Å². The minimum Gasteiger partial charge on any atom is -0.370 e. The Kier molecular flexibility index (Phi) is 7.02. The number of carbonyl (C=O) groups is 1. The fourth-order valence-corrected chi connectivity index (χ4v) is 2.53. The topological polar surface area (TPSA) is 54.0 Å². The molecular formula is C13H20ClN3OS. The molecule has 1 rings (SSSR count). The molecule has 0 aromatic carbocycles. The molecule has 0 radical (unpaired) electrons. The molecular weight excluding hydrogens is 282 g/mol. The number of nitrogens with one attached hydrogen (secondary N) is 2. The summed E-state index contributed by atoms with van der Waals surface area (Å²) in [6, 6.07) is 1.85. The molecule has 1 aromatic rings. The van der Waals surface area contributed by atoms with E-state index in [4.69, 9.17) is 11.6 Å². The molecule has 0 fully saturated rings. The first kappa shape index (κ1) is 16.1. The SMILES string of the molecule is CCNc1cc(C(=O)NC(CC)CSC)c(Cl)cn1. The number of halogens is 1. The predicted molar refractivity (Wildman–Crippen MR) is 83.3 cm³/mol. The van der Waals surface area contributed by atoms with Gasteiger partial charge in [-0.2, -0.15) is 11.8 Å². The molecule has 19 heavy (non-hydrogen) atoms. The van der Waals surface area contributed by atoms with E-state index in [9.17, 15) is 4.79 Å². The highest BCUT2D eigenvalue weighted by Gasteiger charge is 2.15. The first-order chi connectivity index (χ1) is 9.12. The number of aromatic nitrogens is 1. The fraction of sp³-hybridized carbons (Fsp3) is 0.538. The maximum Gasteiger partial charge on any atom is 0.253 e. The minimum atomic E-state index is -0.146. The Bertz CT molecular complexity index is 428. The van der Waals surface area contributed by atoms with Crippen molar-refractivity contribution in [2.75, 3.05) is 23.9 Å². The molecule has 6 heteroatoms. The Balaban J connectivity index is 2.82. The van der Waals surface area contributed by atoms with Crippen LogP contribution in [-0.4, -0.2) is 35.5 Å². The Morgan fingerprint density at radius 1 is 1.53 bits per heavy atom. The zero-order valence-corrected chi connectivity index (χ0v) is 13.1. The third-order valence-electron chi connectivity index (χ3n) is 2.65. The summed E-state index contributed by atoms with van der Waals surface area (Å²) in [6.07, 6.45) is 4.43. The largest absolute Gasteiger partial charge is 0.370 e. The van der Waals surface area contributed by atoms with Gasteiger partial charge < -0.3 is 10.6 Å². The molecule has 2 N–H and O–H groups in total. The van der Waals surface area contributed by atoms with Crippen LogP contribution in [0.1, 0.15) is 30.6 Å². The number of pyridine rings is 1. The van der Waals surface area contributed by atoms with Crippen molar-refractivity contribution >= 4 is 35.1 Å². The number of hydrogen-bond donors (Lipinski definition) is 2. The lowest BCUT2D eigenvalue weighted by molar-refractivity contribution is 0.0940. The molecule has 1 aromatic heterocycles. The van der Waals surface area contributed by atoms with E-state index in [1.165, 1.54) is 6.20 Å². The summed E-state index contributed by atoms with van der Waals surface area (Å²) in [5.74, 6) is 1.41. The van der Waals surface area contributed by atoms with Gasteiger partial charge in [0.15, 0.2) is 0 Å². The quantitative estimate of drug-likeness (QED) is 0.813. The standard InChI is InChI=1S/C13H20ClN3OS/c1-4-9(8-19-3)17-13(18)10-6-12(15-5-2)16-7-11(10)14/h6-7,9H,4-5,8H2,1-3H3,(H,15,16)(H,17,18). The lowest BCUT2D eigenvalue weighted by atomic mass is 10.2. The summed E-state index contributed by atoms with van der Waals surface area (Å²) in [6.45, 7) is 4.78. The molecule has 4 nitrogen and oxygen atoms in total. The van der Waals surface area contributed by atoms with Gasteiger partial charge in [0.05, 0.1) is 10.6 Å². The van der Waals surface area contributed by atoms with E-state index < -0.39 is 0 Å². The number of hydrogen-bond acceptors (Lipinski definition) is 4. The average Bonchev–Trinajstić information content (AvgIpc) is 2.40. The van der Waals surface area contributed by atoms with E-state index in [-0.39, 0.29) is 11.9 Å². The van der Waals surface area contributed by atoms with Gasteiger partial charge in [0.2, 0.25) is 0 Å². The van der Waals surface area contributed by atoms with Crippen molar-refractivity contribution in [3.8, 4) is 0 Å². The molecule has 0 aliphatic rings. The van der Waals surface area contributed by atoms with Crippen molar-refractivity contribution in [3.63, 3.8) is 0 Å². The number of thioether (sulfide) groups is 1. The molecule has 0 spiro atoms. The molecule has 1 unspecified atom stereocenters. The summed E-state index contributed by atoms with van der Waals surface area (Å²) in [5, 5.41) is 6.44. The summed E-state index contributed by atoms with van der Waals surface area (Å²) < 4.78 is 0. The van der Waals surface area contributed by atoms with Crippen LogP contribution in [0, 0.1) is 0 Å². The van der Waals surface area contributed by atoms with Crippen molar-refractivity contribution in [3.05, 3.63) is 22.8 Å². The second-order valence-electron chi connectivity index (χ2n) is 4.11. The number of nitrogens with zero attached hydrogens (tertiary/aromatic N) is 1. The number of anilines is 1. The lowest BCUT2D eigenvalue weighted by Gasteiger charge is -2.16. The molecule has 0 bridgehead atoms. The zero-order chi connectivity index (χ0) is 14.3. The number of amides is 1. The van der Waals surface area contributed by atoms with Crippen molar-refractivity contribution < 1.29 is 4.79 Å². The van der Waals surface area contributed by atoms with E-state index in [0.29, 0.717) is 16.4 Å². The smallest absolute Gasteiger partial charge is 0.253 e. The van der Waals surface area contributed by atoms with Gasteiger partial charge >= 0.3 is 0 Å². The highest BCUT2D eigenvalue weighted by molar-refractivity contribution is 7.98. The van der Waals surface area contributed by atoms with Crippen LogP contribution >= 0.6 is 23.4 Å². The van der Waals surface area contributed by atoms with E-state index in [1.807, 2.05) is 13.2 Å². The van der Waals surface area contributed by atoms with Gasteiger partial charge in [0.1, 0.15) is 5.82 Å². The number of rotatable bonds is 7. The van der Waals surface area contributed by atoms with Crippen LogP contribution < -0.4 is 10.6 Å². The first-order valence-electron chi connectivity index (χ1n) is 6.31. The lowest BCUT2D eigenvalue weighted by Crippen LogP contribution is -2.36. The van der Waals surface area contributed by atoms with Crippen LogP contribution in [-0.2, 0) is 0 Å². The Morgan fingerprint density at radius 3 is 2.84 bits per heavy atom. The molecule has 0 saturated carbocycles.